The highest BCUT2D eigenvalue weighted by atomic mass is 33.1. The second kappa shape index (κ2) is 28.8. The number of fused-ring (bicyclic) bond motifs is 4. The predicted octanol–water partition coefficient (Wildman–Crippen LogP) is 5.34. The van der Waals surface area contributed by atoms with E-state index in [4.69, 9.17) is 30.1 Å². The van der Waals surface area contributed by atoms with E-state index in [0.29, 0.717) is 42.4 Å². The lowest BCUT2D eigenvalue weighted by molar-refractivity contribution is -0.147. The minimum atomic E-state index is -5.78. The van der Waals surface area contributed by atoms with Gasteiger partial charge in [-0.25, -0.2) is 33.3 Å². The van der Waals surface area contributed by atoms with Crippen LogP contribution in [0.2, 0.25) is 0 Å². The van der Waals surface area contributed by atoms with Gasteiger partial charge in [-0.1, -0.05) is 94.8 Å². The first-order valence-corrected chi connectivity index (χ1v) is 31.3. The maximum atomic E-state index is 13.6. The highest BCUT2D eigenvalue weighted by Crippen LogP contribution is 2.66. The van der Waals surface area contributed by atoms with E-state index >= 15 is 0 Å². The van der Waals surface area contributed by atoms with E-state index < -0.39 is 91.0 Å². The van der Waals surface area contributed by atoms with Gasteiger partial charge in [0.15, 0.2) is 5.78 Å². The first-order valence-electron chi connectivity index (χ1n) is 24.3. The molecule has 3 heterocycles. The molecule has 7 unspecified atom stereocenters. The zero-order valence-corrected chi connectivity index (χ0v) is 46.1. The van der Waals surface area contributed by atoms with Crippen LogP contribution in [-0.2, 0) is 60.3 Å². The molecule has 0 bridgehead atoms. The number of ether oxygens (including phenoxy) is 2. The van der Waals surface area contributed by atoms with Gasteiger partial charge < -0.3 is 65.3 Å². The number of carboxylic acids is 2. The molecule has 2 aromatic carbocycles. The molecule has 0 radical (unpaired) electrons. The summed E-state index contributed by atoms with van der Waals surface area (Å²) in [6.07, 6.45) is -0.344. The molecule has 4 aromatic rings. The molecule has 27 nitrogen and oxygen atoms in total. The predicted molar refractivity (Wildman–Crippen MR) is 283 cm³/mol. The summed E-state index contributed by atoms with van der Waals surface area (Å²) in [6.45, 7) is -0.867. The first kappa shape index (κ1) is 62.7. The van der Waals surface area contributed by atoms with E-state index in [0.717, 1.165) is 22.3 Å². The number of aliphatic hydroxyl groups is 1. The lowest BCUT2D eigenvalue weighted by atomic mass is 9.98. The number of nitrogens with two attached hydrogens (primary N) is 1. The average Bonchev–Trinajstić information content (AvgIpc) is 4.18. The Kier molecular flexibility index (Phi) is 22.8. The molecule has 1 aliphatic carbocycles. The maximum Gasteiger partial charge on any atom is 0.490 e. The summed E-state index contributed by atoms with van der Waals surface area (Å²) in [4.78, 5) is 119. The van der Waals surface area contributed by atoms with Crippen molar-refractivity contribution in [3.63, 3.8) is 0 Å². The molecule has 1 aliphatic heterocycles. The van der Waals surface area contributed by atoms with E-state index in [1.54, 1.807) is 0 Å². The summed E-state index contributed by atoms with van der Waals surface area (Å²) in [5.41, 5.74) is 10.9. The number of benzene rings is 2. The van der Waals surface area contributed by atoms with Crippen molar-refractivity contribution in [1.82, 2.24) is 25.2 Å². The normalized spacial score (nSPS) is 18.2. The van der Waals surface area contributed by atoms with Crippen LogP contribution in [0.4, 0.5) is 10.6 Å². The Balaban J connectivity index is 0.975. The van der Waals surface area contributed by atoms with Crippen LogP contribution >= 0.6 is 45.1 Å². The number of nitrogen functional groups attached to an aromatic ring is 1. The Labute approximate surface area is 458 Å². The summed E-state index contributed by atoms with van der Waals surface area (Å²) in [7, 11) is -14.3. The number of rotatable bonds is 31. The number of aliphatic carboxylic acids is 2. The number of carboxylic acid groups (broad SMARTS) is 2. The van der Waals surface area contributed by atoms with E-state index in [9.17, 15) is 62.5 Å². The fourth-order valence-corrected chi connectivity index (χ4v) is 13.8. The van der Waals surface area contributed by atoms with Gasteiger partial charge in [-0.15, -0.1) is 0 Å². The SMILES string of the molecule is Nc1ncnc2c1c(C#CCCC(=O)CCSSCC(NC(=O)OCC1c3ccccc3-c3ccccc31)C(=O)CCCCCCC(=O)NC(CC(=O)O)C(=O)O)cn2C1CC(O)C(COP(=O)(O)OP(=O)(O)OP(=O)(O)O)O1. The summed E-state index contributed by atoms with van der Waals surface area (Å²) >= 11 is 0. The standard InChI is InChI=1S/C47H57N6O21P3S2/c48-44-43-28(23-53(45(43)50-27-49-44)41-22-38(56)39(72-41)25-71-76(66,67)74-77(68,69)73-75(63,64)65)11-5-6-12-29(54)19-20-78-79-26-36(37(55)17-3-1-2-4-18-40(57)51-35(46(60)61)21-42(58)59)52-47(62)70-24-34-32-15-9-7-13-30(32)31-14-8-10-16-33(31)34/h7-10,13-16,23,27,34-36,38-39,41,56H,1-4,6,12,17-22,24-26H2,(H,51,57)(H,52,62)(H,58,59)(H,60,61)(H,66,67)(H,68,69)(H2,48,49,50)(H2,63,64,65). The molecule has 2 amide bonds. The Morgan fingerprint density at radius 2 is 1.49 bits per heavy atom. The lowest BCUT2D eigenvalue weighted by Gasteiger charge is -2.19. The zero-order chi connectivity index (χ0) is 57.5. The third kappa shape index (κ3) is 19.0. The molecule has 11 N–H and O–H groups in total. The van der Waals surface area contributed by atoms with E-state index in [1.807, 2.05) is 48.5 Å². The summed E-state index contributed by atoms with van der Waals surface area (Å²) in [6, 6.07) is 13.2. The molecule has 1 saturated heterocycles. The van der Waals surface area contributed by atoms with Crippen LogP contribution in [0.5, 0.6) is 0 Å². The highest BCUT2D eigenvalue weighted by Gasteiger charge is 2.43. The Morgan fingerprint density at radius 3 is 2.15 bits per heavy atom. The van der Waals surface area contributed by atoms with Crippen LogP contribution in [0.1, 0.15) is 99.5 Å². The molecule has 2 aromatic heterocycles. The Hall–Kier alpha value is -5.53. The molecule has 32 heteroatoms. The highest BCUT2D eigenvalue weighted by molar-refractivity contribution is 8.76. The van der Waals surface area contributed by atoms with Crippen LogP contribution in [0.3, 0.4) is 0 Å². The van der Waals surface area contributed by atoms with Crippen LogP contribution in [-0.4, -0.2) is 134 Å². The average molecular weight is 1200 g/mol. The molecule has 1 fully saturated rings. The number of Topliss-reactive ketones (excluding diaryl/α,β-unsaturated/α-hetero) is 2. The van der Waals surface area contributed by atoms with Gasteiger partial charge in [0, 0.05) is 62.1 Å². The number of aromatic nitrogens is 3. The lowest BCUT2D eigenvalue weighted by Crippen LogP contribution is -2.43. The molecule has 7 atom stereocenters. The second-order valence-corrected chi connectivity index (χ2v) is 24.9. The van der Waals surface area contributed by atoms with Crippen molar-refractivity contribution < 1.29 is 100.0 Å². The summed E-state index contributed by atoms with van der Waals surface area (Å²) < 4.78 is 59.9. The zero-order valence-electron chi connectivity index (χ0n) is 41.8. The first-order chi connectivity index (χ1) is 37.4. The molecular formula is C47H57N6O21P3S2. The number of hydrogen-bond acceptors (Lipinski definition) is 20. The topological polar surface area (TPSA) is 422 Å². The number of unbranched alkanes of at least 4 members (excludes halogenated alkanes) is 3. The third-order valence-corrected chi connectivity index (χ3v) is 18.3. The van der Waals surface area contributed by atoms with Gasteiger partial charge in [0.1, 0.15) is 54.6 Å². The molecule has 79 heavy (non-hydrogen) atoms. The van der Waals surface area contributed by atoms with Gasteiger partial charge in [0.2, 0.25) is 5.91 Å². The minimum Gasteiger partial charge on any atom is -0.481 e. The monoisotopic (exact) mass is 1200 g/mol. The van der Waals surface area contributed by atoms with Crippen molar-refractivity contribution in [1.29, 1.82) is 0 Å². The quantitative estimate of drug-likeness (QED) is 0.0132. The van der Waals surface area contributed by atoms with Gasteiger partial charge in [-0.3, -0.25) is 23.7 Å². The number of hydrogen-bond donors (Lipinski definition) is 10. The molecular weight excluding hydrogens is 1140 g/mol. The Bertz CT molecular complexity index is 3050. The van der Waals surface area contributed by atoms with Crippen molar-refractivity contribution in [2.24, 2.45) is 0 Å². The maximum absolute atomic E-state index is 13.6. The fourth-order valence-electron chi connectivity index (χ4n) is 8.50. The minimum absolute atomic E-state index is 0.0287. The van der Waals surface area contributed by atoms with Gasteiger partial charge in [-0.05, 0) is 35.1 Å². The van der Waals surface area contributed by atoms with Gasteiger partial charge in [0.05, 0.1) is 30.1 Å². The van der Waals surface area contributed by atoms with E-state index in [2.05, 4.69) is 45.6 Å². The van der Waals surface area contributed by atoms with Gasteiger partial charge in [-0.2, -0.15) is 8.62 Å². The number of anilines is 1. The van der Waals surface area contributed by atoms with Crippen molar-refractivity contribution >= 4 is 97.4 Å². The van der Waals surface area contributed by atoms with Crippen LogP contribution < -0.4 is 16.4 Å². The van der Waals surface area contributed by atoms with Crippen molar-refractivity contribution in [3.05, 3.63) is 77.7 Å². The number of alkyl carbamates (subject to hydrolysis) is 1. The van der Waals surface area contributed by atoms with E-state index in [-0.39, 0.29) is 79.8 Å². The molecule has 0 spiro atoms. The number of amides is 2. The molecule has 6 rings (SSSR count). The van der Waals surface area contributed by atoms with Crippen LogP contribution in [0, 0.1) is 11.8 Å². The van der Waals surface area contributed by atoms with Crippen molar-refractivity contribution in [3.8, 4) is 23.0 Å². The number of phosphoric ester groups is 1. The van der Waals surface area contributed by atoms with Crippen molar-refractivity contribution in [2.75, 3.05) is 30.5 Å². The van der Waals surface area contributed by atoms with E-state index in [1.165, 1.54) is 38.7 Å². The third-order valence-electron chi connectivity index (χ3n) is 12.1. The second-order valence-electron chi connectivity index (χ2n) is 17.9. The Morgan fingerprint density at radius 1 is 0.823 bits per heavy atom. The summed E-state index contributed by atoms with van der Waals surface area (Å²) in [5, 5.41) is 34.0. The number of carbonyl (C=O) groups is 6. The largest absolute Gasteiger partial charge is 0.490 e. The molecule has 428 valence electrons. The number of phosphoric acid groups is 3. The fraction of sp³-hybridized carbons (Fsp3) is 0.447. The number of carbonyl (C=O) groups excluding carboxylic acids is 4. The number of nitrogens with one attached hydrogen (secondary N) is 2. The summed E-state index contributed by atoms with van der Waals surface area (Å²) in [5.74, 6) is 2.47. The molecule has 0 saturated carbocycles. The number of aliphatic hydroxyl groups excluding tert-OH is 1. The number of nitrogens with zero attached hydrogens (tertiary/aromatic N) is 3. The van der Waals surface area contributed by atoms with Gasteiger partial charge in [0.25, 0.3) is 0 Å². The van der Waals surface area contributed by atoms with Crippen LogP contribution in [0.15, 0.2) is 61.1 Å². The van der Waals surface area contributed by atoms with Gasteiger partial charge >= 0.3 is 41.5 Å². The number of ketones is 2. The van der Waals surface area contributed by atoms with Crippen molar-refractivity contribution in [2.45, 2.75) is 107 Å². The smallest absolute Gasteiger partial charge is 0.481 e. The molecule has 2 aliphatic rings. The van der Waals surface area contributed by atoms with Crippen LogP contribution in [0.25, 0.3) is 22.2 Å².